The summed E-state index contributed by atoms with van der Waals surface area (Å²) in [6.07, 6.45) is 4.45. The Balaban J connectivity index is 1.55. The molecule has 0 spiro atoms. The van der Waals surface area contributed by atoms with E-state index in [9.17, 15) is 9.59 Å². The summed E-state index contributed by atoms with van der Waals surface area (Å²) in [6.45, 7) is 4.36. The number of aromatic nitrogens is 5. The number of rotatable bonds is 4. The minimum absolute atomic E-state index is 0.0140. The molecule has 0 atom stereocenters. The summed E-state index contributed by atoms with van der Waals surface area (Å²) >= 11 is 1.43. The van der Waals surface area contributed by atoms with Crippen molar-refractivity contribution in [3.63, 3.8) is 0 Å². The molecule has 0 fully saturated rings. The van der Waals surface area contributed by atoms with Crippen molar-refractivity contribution in [3.8, 4) is 0 Å². The van der Waals surface area contributed by atoms with E-state index < -0.39 is 5.91 Å². The maximum absolute atomic E-state index is 12.7. The monoisotopic (exact) mass is 380 g/mol. The van der Waals surface area contributed by atoms with Gasteiger partial charge in [0.05, 0.1) is 6.54 Å². The summed E-state index contributed by atoms with van der Waals surface area (Å²) in [4.78, 5) is 35.0. The zero-order valence-electron chi connectivity index (χ0n) is 14.7. The predicted molar refractivity (Wildman–Crippen MR) is 102 cm³/mol. The minimum Gasteiger partial charge on any atom is -0.322 e. The highest BCUT2D eigenvalue weighted by molar-refractivity contribution is 7.17. The number of carbonyl (C=O) groups excluding carboxylic acids is 1. The molecule has 8 nitrogen and oxygen atoms in total. The van der Waals surface area contributed by atoms with Crippen molar-refractivity contribution in [2.75, 3.05) is 5.32 Å². The Morgan fingerprint density at radius 3 is 2.70 bits per heavy atom. The first-order valence-electron chi connectivity index (χ1n) is 8.23. The highest BCUT2D eigenvalue weighted by Gasteiger charge is 2.16. The van der Waals surface area contributed by atoms with Gasteiger partial charge >= 0.3 is 0 Å². The van der Waals surface area contributed by atoms with Crippen LogP contribution in [-0.2, 0) is 6.54 Å². The van der Waals surface area contributed by atoms with Gasteiger partial charge in [-0.25, -0.2) is 14.6 Å². The molecule has 4 rings (SSSR count). The third-order valence-corrected chi connectivity index (χ3v) is 5.36. The third kappa shape index (κ3) is 3.24. The van der Waals surface area contributed by atoms with E-state index in [4.69, 9.17) is 0 Å². The van der Waals surface area contributed by atoms with Gasteiger partial charge in [-0.1, -0.05) is 12.1 Å². The van der Waals surface area contributed by atoms with Crippen LogP contribution in [0.25, 0.3) is 4.96 Å². The SMILES string of the molecule is Cc1sc2ncc(C(=O)Nc3ccc(Cn4cncn4)cc3)c(=O)n2c1C. The number of nitrogens with zero attached hydrogens (tertiary/aromatic N) is 5. The molecule has 9 heteroatoms. The van der Waals surface area contributed by atoms with E-state index in [1.807, 2.05) is 26.0 Å². The van der Waals surface area contributed by atoms with Crippen molar-refractivity contribution in [2.45, 2.75) is 20.4 Å². The lowest BCUT2D eigenvalue weighted by Crippen LogP contribution is -2.26. The Labute approximate surface area is 158 Å². The van der Waals surface area contributed by atoms with Crippen molar-refractivity contribution < 1.29 is 4.79 Å². The first-order chi connectivity index (χ1) is 13.0. The smallest absolute Gasteiger partial charge is 0.271 e. The fourth-order valence-electron chi connectivity index (χ4n) is 2.73. The average molecular weight is 380 g/mol. The van der Waals surface area contributed by atoms with Crippen LogP contribution in [-0.4, -0.2) is 30.1 Å². The van der Waals surface area contributed by atoms with Crippen LogP contribution in [0.1, 0.15) is 26.5 Å². The van der Waals surface area contributed by atoms with E-state index in [1.165, 1.54) is 28.3 Å². The van der Waals surface area contributed by atoms with Crippen LogP contribution in [0.3, 0.4) is 0 Å². The molecule has 1 amide bonds. The number of benzene rings is 1. The van der Waals surface area contributed by atoms with Gasteiger partial charge in [0.1, 0.15) is 18.2 Å². The Kier molecular flexibility index (Phi) is 4.28. The van der Waals surface area contributed by atoms with Crippen molar-refractivity contribution in [1.29, 1.82) is 0 Å². The van der Waals surface area contributed by atoms with Crippen LogP contribution in [0, 0.1) is 13.8 Å². The van der Waals surface area contributed by atoms with Crippen LogP contribution in [0.15, 0.2) is 47.9 Å². The Hall–Kier alpha value is -3.33. The summed E-state index contributed by atoms with van der Waals surface area (Å²) in [5.74, 6) is -0.478. The number of hydrogen-bond acceptors (Lipinski definition) is 6. The number of fused-ring (bicyclic) bond motifs is 1. The summed E-state index contributed by atoms with van der Waals surface area (Å²) in [5, 5.41) is 6.81. The Morgan fingerprint density at radius 2 is 2.00 bits per heavy atom. The lowest BCUT2D eigenvalue weighted by Gasteiger charge is -2.07. The molecular formula is C18H16N6O2S. The van der Waals surface area contributed by atoms with Gasteiger partial charge in [0, 0.05) is 22.5 Å². The largest absolute Gasteiger partial charge is 0.322 e. The number of amides is 1. The molecule has 0 saturated heterocycles. The number of nitrogens with one attached hydrogen (secondary N) is 1. The van der Waals surface area contributed by atoms with Crippen LogP contribution >= 0.6 is 11.3 Å². The standard InChI is InChI=1S/C18H16N6O2S/c1-11-12(2)27-18-20-7-15(17(26)24(11)18)16(25)22-14-5-3-13(4-6-14)8-23-10-19-9-21-23/h3-7,9-10H,8H2,1-2H3,(H,22,25). The molecule has 1 aromatic carbocycles. The lowest BCUT2D eigenvalue weighted by atomic mass is 10.2. The van der Waals surface area contributed by atoms with Crippen molar-refractivity contribution in [2.24, 2.45) is 0 Å². The van der Waals surface area contributed by atoms with Gasteiger partial charge in [-0.3, -0.25) is 14.0 Å². The first-order valence-corrected chi connectivity index (χ1v) is 9.05. The van der Waals surface area contributed by atoms with Crippen LogP contribution in [0.5, 0.6) is 0 Å². The molecule has 3 heterocycles. The molecule has 0 aliphatic rings. The predicted octanol–water partition coefficient (Wildman–Crippen LogP) is 2.26. The minimum atomic E-state index is -0.478. The summed E-state index contributed by atoms with van der Waals surface area (Å²) in [5.41, 5.74) is 2.08. The number of hydrogen-bond donors (Lipinski definition) is 1. The fourth-order valence-corrected chi connectivity index (χ4v) is 3.65. The zero-order chi connectivity index (χ0) is 19.0. The molecule has 0 aliphatic heterocycles. The van der Waals surface area contributed by atoms with E-state index in [2.05, 4.69) is 20.4 Å². The molecule has 0 aliphatic carbocycles. The highest BCUT2D eigenvalue weighted by Crippen LogP contribution is 2.18. The molecule has 1 N–H and O–H groups in total. The average Bonchev–Trinajstić information content (AvgIpc) is 3.25. The third-order valence-electron chi connectivity index (χ3n) is 4.29. The molecule has 3 aromatic heterocycles. The van der Waals surface area contributed by atoms with Crippen molar-refractivity contribution in [1.82, 2.24) is 24.1 Å². The lowest BCUT2D eigenvalue weighted by molar-refractivity contribution is 0.102. The normalized spacial score (nSPS) is 11.0. The first kappa shape index (κ1) is 17.1. The quantitative estimate of drug-likeness (QED) is 0.586. The van der Waals surface area contributed by atoms with E-state index in [-0.39, 0.29) is 11.1 Å². The van der Waals surface area contributed by atoms with Gasteiger partial charge in [-0.05, 0) is 31.5 Å². The maximum Gasteiger partial charge on any atom is 0.271 e. The molecule has 0 unspecified atom stereocenters. The topological polar surface area (TPSA) is 94.2 Å². The Morgan fingerprint density at radius 1 is 1.22 bits per heavy atom. The second-order valence-electron chi connectivity index (χ2n) is 6.08. The van der Waals surface area contributed by atoms with Crippen molar-refractivity contribution >= 4 is 27.9 Å². The maximum atomic E-state index is 12.7. The van der Waals surface area contributed by atoms with Gasteiger partial charge in [-0.2, -0.15) is 5.10 Å². The van der Waals surface area contributed by atoms with Crippen molar-refractivity contribution in [3.05, 3.63) is 75.2 Å². The van der Waals surface area contributed by atoms with E-state index in [0.717, 1.165) is 16.1 Å². The molecule has 4 aromatic rings. The molecule has 0 bridgehead atoms. The highest BCUT2D eigenvalue weighted by atomic mass is 32.1. The summed E-state index contributed by atoms with van der Waals surface area (Å²) < 4.78 is 3.19. The van der Waals surface area contributed by atoms with Gasteiger partial charge in [0.25, 0.3) is 11.5 Å². The van der Waals surface area contributed by atoms with Crippen LogP contribution in [0.2, 0.25) is 0 Å². The van der Waals surface area contributed by atoms with Crippen LogP contribution < -0.4 is 10.9 Å². The number of carbonyl (C=O) groups is 1. The van der Waals surface area contributed by atoms with E-state index in [0.29, 0.717) is 17.2 Å². The number of thiazole rings is 1. The number of anilines is 1. The molecule has 27 heavy (non-hydrogen) atoms. The summed E-state index contributed by atoms with van der Waals surface area (Å²) in [7, 11) is 0. The Bertz CT molecular complexity index is 1180. The molecule has 0 saturated carbocycles. The van der Waals surface area contributed by atoms with Crippen LogP contribution in [0.4, 0.5) is 5.69 Å². The van der Waals surface area contributed by atoms with E-state index >= 15 is 0 Å². The van der Waals surface area contributed by atoms with Gasteiger partial charge < -0.3 is 5.32 Å². The molecular weight excluding hydrogens is 364 g/mol. The summed E-state index contributed by atoms with van der Waals surface area (Å²) in [6, 6.07) is 7.34. The van der Waals surface area contributed by atoms with Gasteiger partial charge in [0.15, 0.2) is 4.96 Å². The molecule has 0 radical (unpaired) electrons. The number of aryl methyl sites for hydroxylation is 2. The van der Waals surface area contributed by atoms with Gasteiger partial charge in [-0.15, -0.1) is 11.3 Å². The van der Waals surface area contributed by atoms with Gasteiger partial charge in [0.2, 0.25) is 0 Å². The fraction of sp³-hybridized carbons (Fsp3) is 0.167. The molecule has 136 valence electrons. The second kappa shape index (κ2) is 6.76. The second-order valence-corrected chi connectivity index (χ2v) is 7.26. The van der Waals surface area contributed by atoms with E-state index in [1.54, 1.807) is 23.1 Å². The zero-order valence-corrected chi connectivity index (χ0v) is 15.5.